The predicted octanol–water partition coefficient (Wildman–Crippen LogP) is 1.30. The Morgan fingerprint density at radius 1 is 2.00 bits per heavy atom. The van der Waals surface area contributed by atoms with E-state index in [4.69, 9.17) is 6.11 Å². The van der Waals surface area contributed by atoms with E-state index in [9.17, 15) is 9.18 Å². The number of hydrogen-bond acceptors (Lipinski definition) is 2. The summed E-state index contributed by atoms with van der Waals surface area (Å²) in [5.74, 6) is -0.692. The van der Waals surface area contributed by atoms with Crippen LogP contribution in [-0.4, -0.2) is 18.7 Å². The first-order valence-corrected chi connectivity index (χ1v) is 3.42. The Morgan fingerprint density at radius 2 is 2.70 bits per heavy atom. The molecule has 0 amide bonds. The van der Waals surface area contributed by atoms with Gasteiger partial charge in [-0.25, -0.2) is 0 Å². The van der Waals surface area contributed by atoms with Gasteiger partial charge in [0.2, 0.25) is 0 Å². The molecule has 10 heavy (non-hydrogen) atoms. The van der Waals surface area contributed by atoms with Crippen molar-refractivity contribution in [3.05, 3.63) is 0 Å². The molecule has 3 atom stereocenters. The average Bonchev–Trinajstić information content (AvgIpc) is 2.30. The lowest BCUT2D eigenvalue weighted by atomic mass is 10.0. The third-order valence-corrected chi connectivity index (χ3v) is 1.76. The van der Waals surface area contributed by atoms with Gasteiger partial charge in [0, 0.05) is 6.58 Å². The lowest BCUT2D eigenvalue weighted by molar-refractivity contribution is -0.135. The molecule has 0 spiro atoms. The van der Waals surface area contributed by atoms with Crippen LogP contribution >= 0.6 is 0 Å². The van der Waals surface area contributed by atoms with E-state index in [2.05, 4.69) is 0 Å². The fraction of sp³-hybridized carbons (Fsp3) is 0.857. The fourth-order valence-electron chi connectivity index (χ4n) is 1.15. The second-order valence-corrected chi connectivity index (χ2v) is 2.40. The highest BCUT2D eigenvalue weighted by Crippen LogP contribution is 2.24. The smallest absolute Gasteiger partial charge is 0.307 e. The Balaban J connectivity index is 2.57. The number of carbonyl (C=O) groups excluding carboxylic acids is 1. The Hall–Kier alpha value is -0.440. The molecule has 1 saturated heterocycles. The lowest BCUT2D eigenvalue weighted by Gasteiger charge is -2.10. The molecule has 58 valence electrons. The van der Waals surface area contributed by atoms with Crippen LogP contribution in [-0.2, 0) is 9.53 Å². The zero-order valence-electron chi connectivity index (χ0n) is 6.84. The third kappa shape index (κ3) is 1.34. The average molecular weight is 148 g/mol. The van der Waals surface area contributed by atoms with Crippen LogP contribution in [0.15, 0.2) is 0 Å². The number of halogens is 1. The minimum atomic E-state index is -1.34. The van der Waals surface area contributed by atoms with Crippen molar-refractivity contribution in [1.82, 2.24) is 0 Å². The molecule has 0 saturated carbocycles. The maximum absolute atomic E-state index is 12.2. The van der Waals surface area contributed by atoms with Crippen molar-refractivity contribution in [2.45, 2.75) is 25.9 Å². The first kappa shape index (κ1) is 6.28. The fourth-order valence-corrected chi connectivity index (χ4v) is 1.15. The molecule has 0 N–H and O–H groups in total. The van der Waals surface area contributed by atoms with E-state index in [0.29, 0.717) is 6.42 Å². The number of hydrogen-bond donors (Lipinski definition) is 0. The van der Waals surface area contributed by atoms with E-state index >= 15 is 0 Å². The standard InChI is InChI=1S/C7H11FO2/c1-2-6-5(7(8)9)3-4-10-6/h5-6H,2-4H2,1H3/t5?,6-/m1/s1/i4T/t4-,5?,6+/m0. The molecule has 0 aromatic rings. The van der Waals surface area contributed by atoms with Crippen LogP contribution < -0.4 is 0 Å². The molecule has 0 radical (unpaired) electrons. The summed E-state index contributed by atoms with van der Waals surface area (Å²) in [7, 11) is 0. The first-order chi connectivity index (χ1) is 5.15. The van der Waals surface area contributed by atoms with Crippen LogP contribution in [0.1, 0.15) is 21.1 Å². The Bertz CT molecular complexity index is 163. The van der Waals surface area contributed by atoms with Crippen LogP contribution in [0.4, 0.5) is 4.39 Å². The summed E-state index contributed by atoms with van der Waals surface area (Å²) in [6, 6.07) is -1.34. The zero-order chi connectivity index (χ0) is 8.43. The lowest BCUT2D eigenvalue weighted by Crippen LogP contribution is -2.20. The van der Waals surface area contributed by atoms with Crippen LogP contribution in [0.2, 0.25) is 0 Å². The molecule has 1 aliphatic heterocycles. The van der Waals surface area contributed by atoms with Crippen molar-refractivity contribution < 1.29 is 15.3 Å². The molecule has 0 aromatic carbocycles. The molecule has 1 unspecified atom stereocenters. The summed E-state index contributed by atoms with van der Waals surface area (Å²) in [4.78, 5) is 10.3. The molecular formula is C7H11FO2. The van der Waals surface area contributed by atoms with Gasteiger partial charge in [0.25, 0.3) is 0 Å². The van der Waals surface area contributed by atoms with Gasteiger partial charge in [-0.3, -0.25) is 4.79 Å². The van der Waals surface area contributed by atoms with Crippen molar-refractivity contribution in [3.63, 3.8) is 0 Å². The minimum absolute atomic E-state index is 0.202. The normalized spacial score (nSPS) is 41.4. The second kappa shape index (κ2) is 3.10. The van der Waals surface area contributed by atoms with E-state index in [1.807, 2.05) is 6.92 Å². The van der Waals surface area contributed by atoms with Crippen molar-refractivity contribution in [3.8, 4) is 0 Å². The number of rotatable bonds is 2. The highest BCUT2D eigenvalue weighted by Gasteiger charge is 2.32. The predicted molar refractivity (Wildman–Crippen MR) is 34.3 cm³/mol. The molecule has 1 aliphatic rings. The van der Waals surface area contributed by atoms with Crippen LogP contribution in [0.5, 0.6) is 0 Å². The van der Waals surface area contributed by atoms with E-state index in [-0.39, 0.29) is 12.5 Å². The van der Waals surface area contributed by atoms with E-state index in [1.54, 1.807) is 0 Å². The molecule has 1 heterocycles. The maximum atomic E-state index is 12.2. The van der Waals surface area contributed by atoms with Gasteiger partial charge in [-0.05, 0) is 12.8 Å². The molecule has 3 heteroatoms. The van der Waals surface area contributed by atoms with Gasteiger partial charge in [0.05, 0.1) is 13.4 Å². The summed E-state index contributed by atoms with van der Waals surface area (Å²) in [5, 5.41) is 0. The van der Waals surface area contributed by atoms with Gasteiger partial charge in [0.1, 0.15) is 0 Å². The summed E-state index contributed by atoms with van der Waals surface area (Å²) < 4.78 is 24.4. The van der Waals surface area contributed by atoms with E-state index in [0.717, 1.165) is 0 Å². The molecule has 2 nitrogen and oxygen atoms in total. The van der Waals surface area contributed by atoms with Gasteiger partial charge in [-0.15, -0.1) is 0 Å². The highest BCUT2D eigenvalue weighted by molar-refractivity contribution is 5.71. The molecule has 1 fully saturated rings. The molecule has 0 bridgehead atoms. The van der Waals surface area contributed by atoms with Crippen molar-refractivity contribution in [2.24, 2.45) is 5.92 Å². The SMILES string of the molecule is [3H][C@H]1CC(C(=O)F)[C@@H](CC)O1. The third-order valence-electron chi connectivity index (χ3n) is 1.76. The molecular weight excluding hydrogens is 135 g/mol. The van der Waals surface area contributed by atoms with Gasteiger partial charge in [-0.1, -0.05) is 6.92 Å². The van der Waals surface area contributed by atoms with Crippen molar-refractivity contribution in [1.29, 1.82) is 0 Å². The van der Waals surface area contributed by atoms with Crippen molar-refractivity contribution in [2.75, 3.05) is 6.58 Å². The van der Waals surface area contributed by atoms with Crippen LogP contribution in [0.25, 0.3) is 0 Å². The maximum Gasteiger partial charge on any atom is 0.307 e. The monoisotopic (exact) mass is 148 g/mol. The number of carbonyl (C=O) groups is 1. The summed E-state index contributed by atoms with van der Waals surface area (Å²) in [6.07, 6.45) is 0.416. The summed E-state index contributed by atoms with van der Waals surface area (Å²) >= 11 is 0. The Morgan fingerprint density at radius 3 is 3.10 bits per heavy atom. The first-order valence-electron chi connectivity index (χ1n) is 4.00. The number of ether oxygens (including phenoxy) is 1. The topological polar surface area (TPSA) is 26.3 Å². The Kier molecular flexibility index (Phi) is 1.95. The van der Waals surface area contributed by atoms with Crippen LogP contribution in [0, 0.1) is 5.92 Å². The zero-order valence-corrected chi connectivity index (χ0v) is 5.84. The van der Waals surface area contributed by atoms with E-state index in [1.165, 1.54) is 0 Å². The van der Waals surface area contributed by atoms with E-state index < -0.39 is 18.5 Å². The van der Waals surface area contributed by atoms with Crippen molar-refractivity contribution >= 4 is 6.04 Å². The minimum Gasteiger partial charge on any atom is -0.377 e. The van der Waals surface area contributed by atoms with Gasteiger partial charge in [0.15, 0.2) is 0 Å². The highest BCUT2D eigenvalue weighted by atomic mass is 19.1. The largest absolute Gasteiger partial charge is 0.377 e. The van der Waals surface area contributed by atoms with Gasteiger partial charge < -0.3 is 4.74 Å². The summed E-state index contributed by atoms with van der Waals surface area (Å²) in [6.45, 7) is 1.10. The second-order valence-electron chi connectivity index (χ2n) is 2.40. The van der Waals surface area contributed by atoms with Gasteiger partial charge in [-0.2, -0.15) is 4.39 Å². The molecule has 1 rings (SSSR count). The quantitative estimate of drug-likeness (QED) is 0.552. The molecule has 0 aliphatic carbocycles. The summed E-state index contributed by atoms with van der Waals surface area (Å²) in [5.41, 5.74) is 0. The molecule has 0 aromatic heterocycles. The van der Waals surface area contributed by atoms with Gasteiger partial charge >= 0.3 is 6.04 Å². The van der Waals surface area contributed by atoms with Crippen LogP contribution in [0.3, 0.4) is 0 Å². The Labute approximate surface area is 60.8 Å².